The molecule has 0 aromatic carbocycles. The molecule has 1 aliphatic carbocycles. The highest BCUT2D eigenvalue weighted by Crippen LogP contribution is 2.50. The Labute approximate surface area is 147 Å². The number of aliphatic carboxylic acids is 2. The molecule has 1 aliphatic rings. The first-order valence-corrected chi connectivity index (χ1v) is 9.67. The van der Waals surface area contributed by atoms with Gasteiger partial charge in [0.15, 0.2) is 0 Å². The molecule has 3 atom stereocenters. The van der Waals surface area contributed by atoms with Crippen LogP contribution in [0.3, 0.4) is 0 Å². The first-order chi connectivity index (χ1) is 11.2. The molecule has 0 saturated heterocycles. The molecule has 0 spiro atoms. The van der Waals surface area contributed by atoms with Gasteiger partial charge in [0.2, 0.25) is 0 Å². The van der Waals surface area contributed by atoms with Crippen LogP contribution in [-0.2, 0) is 9.59 Å². The second-order valence-electron chi connectivity index (χ2n) is 8.52. The van der Waals surface area contributed by atoms with E-state index in [1.165, 1.54) is 0 Å². The molecule has 0 amide bonds. The number of rotatable bonds is 10. The zero-order chi connectivity index (χ0) is 18.3. The number of hydrogen-bond acceptors (Lipinski definition) is 2. The van der Waals surface area contributed by atoms with Crippen molar-refractivity contribution in [2.75, 3.05) is 0 Å². The Morgan fingerprint density at radius 1 is 1.04 bits per heavy atom. The Morgan fingerprint density at radius 2 is 1.67 bits per heavy atom. The van der Waals surface area contributed by atoms with Crippen LogP contribution in [0.25, 0.3) is 0 Å². The zero-order valence-electron chi connectivity index (χ0n) is 15.9. The third-order valence-electron chi connectivity index (χ3n) is 5.79. The van der Waals surface area contributed by atoms with Crippen molar-refractivity contribution in [2.45, 2.75) is 85.5 Å². The van der Waals surface area contributed by atoms with Gasteiger partial charge in [0.1, 0.15) is 0 Å². The largest absolute Gasteiger partial charge is 0.481 e. The van der Waals surface area contributed by atoms with Gasteiger partial charge < -0.3 is 10.2 Å². The minimum absolute atomic E-state index is 0.229. The fraction of sp³-hybridized carbons (Fsp3) is 0.900. The molecule has 0 aliphatic heterocycles. The molecular formula is C20H36O4. The summed E-state index contributed by atoms with van der Waals surface area (Å²) in [6.45, 7) is 8.57. The number of carboxylic acids is 2. The van der Waals surface area contributed by atoms with Gasteiger partial charge in [0, 0.05) is 0 Å². The number of carbonyl (C=O) groups is 2. The number of unbranched alkanes of at least 4 members (excludes halogenated alkanes) is 1. The minimum Gasteiger partial charge on any atom is -0.481 e. The Kier molecular flexibility index (Phi) is 8.24. The highest BCUT2D eigenvalue weighted by Gasteiger charge is 2.52. The van der Waals surface area contributed by atoms with Crippen molar-refractivity contribution in [3.63, 3.8) is 0 Å². The lowest BCUT2D eigenvalue weighted by molar-refractivity contribution is -0.164. The predicted octanol–water partition coefficient (Wildman–Crippen LogP) is 5.21. The molecule has 24 heavy (non-hydrogen) atoms. The van der Waals surface area contributed by atoms with Crippen molar-refractivity contribution >= 4 is 11.9 Å². The highest BCUT2D eigenvalue weighted by molar-refractivity contribution is 5.78. The average molecular weight is 341 g/mol. The summed E-state index contributed by atoms with van der Waals surface area (Å²) in [4.78, 5) is 24.0. The van der Waals surface area contributed by atoms with E-state index in [2.05, 4.69) is 27.7 Å². The van der Waals surface area contributed by atoms with Gasteiger partial charge in [-0.2, -0.15) is 0 Å². The fourth-order valence-electron chi connectivity index (χ4n) is 4.33. The van der Waals surface area contributed by atoms with Gasteiger partial charge in [-0.05, 0) is 49.9 Å². The van der Waals surface area contributed by atoms with E-state index in [1.54, 1.807) is 0 Å². The molecule has 1 fully saturated rings. The molecule has 0 aromatic heterocycles. The van der Waals surface area contributed by atoms with Gasteiger partial charge in [0.05, 0.1) is 11.3 Å². The van der Waals surface area contributed by atoms with E-state index in [0.717, 1.165) is 32.1 Å². The van der Waals surface area contributed by atoms with E-state index in [0.29, 0.717) is 37.5 Å². The molecular weight excluding hydrogens is 304 g/mol. The maximum absolute atomic E-state index is 12.2. The van der Waals surface area contributed by atoms with Gasteiger partial charge >= 0.3 is 11.9 Å². The quantitative estimate of drug-likeness (QED) is 0.535. The van der Waals surface area contributed by atoms with Crippen molar-refractivity contribution in [3.8, 4) is 0 Å². The lowest BCUT2D eigenvalue weighted by atomic mass is 9.58. The topological polar surface area (TPSA) is 74.6 Å². The smallest absolute Gasteiger partial charge is 0.309 e. The summed E-state index contributed by atoms with van der Waals surface area (Å²) in [6.07, 6.45) is 7.27. The number of hydrogen-bond donors (Lipinski definition) is 2. The van der Waals surface area contributed by atoms with E-state index in [9.17, 15) is 19.8 Å². The van der Waals surface area contributed by atoms with Gasteiger partial charge in [0.25, 0.3) is 0 Å². The summed E-state index contributed by atoms with van der Waals surface area (Å²) in [6, 6.07) is 0. The van der Waals surface area contributed by atoms with Crippen LogP contribution in [-0.4, -0.2) is 22.2 Å². The van der Waals surface area contributed by atoms with Gasteiger partial charge in [-0.25, -0.2) is 0 Å². The summed E-state index contributed by atoms with van der Waals surface area (Å²) in [5.41, 5.74) is -0.844. The Bertz CT molecular complexity index is 416. The molecule has 1 rings (SSSR count). The summed E-state index contributed by atoms with van der Waals surface area (Å²) in [7, 11) is 0. The van der Waals surface area contributed by atoms with Crippen LogP contribution in [0, 0.1) is 29.1 Å². The van der Waals surface area contributed by atoms with Crippen LogP contribution in [0.1, 0.15) is 85.5 Å². The van der Waals surface area contributed by atoms with E-state index < -0.39 is 23.3 Å². The molecule has 140 valence electrons. The summed E-state index contributed by atoms with van der Waals surface area (Å²) in [5.74, 6) is -1.24. The predicted molar refractivity (Wildman–Crippen MR) is 95.9 cm³/mol. The summed E-state index contributed by atoms with van der Waals surface area (Å²) in [5, 5.41) is 19.7. The molecule has 3 unspecified atom stereocenters. The third-order valence-corrected chi connectivity index (χ3v) is 5.79. The lowest BCUT2D eigenvalue weighted by Gasteiger charge is -2.44. The van der Waals surface area contributed by atoms with Crippen molar-refractivity contribution in [2.24, 2.45) is 29.1 Å². The van der Waals surface area contributed by atoms with Crippen LogP contribution in [0.2, 0.25) is 0 Å². The second-order valence-corrected chi connectivity index (χ2v) is 8.52. The minimum atomic E-state index is -0.844. The van der Waals surface area contributed by atoms with Crippen molar-refractivity contribution < 1.29 is 19.8 Å². The van der Waals surface area contributed by atoms with E-state index in [4.69, 9.17) is 0 Å². The first kappa shape index (κ1) is 21.0. The molecule has 0 bridgehead atoms. The molecule has 0 heterocycles. The Hall–Kier alpha value is -1.06. The average Bonchev–Trinajstić information content (AvgIpc) is 2.49. The monoisotopic (exact) mass is 340 g/mol. The Morgan fingerprint density at radius 3 is 2.17 bits per heavy atom. The van der Waals surface area contributed by atoms with Crippen molar-refractivity contribution in [1.82, 2.24) is 0 Å². The third kappa shape index (κ3) is 5.49. The molecule has 4 nitrogen and oxygen atoms in total. The standard InChI is InChI=1S/C20H36O4/c1-14(2)8-5-6-10-17-16(18(21)22)9-7-12-20(17,19(23)24)13-11-15(3)4/h14-17H,5-13H2,1-4H3,(H,21,22)(H,23,24). The maximum Gasteiger partial charge on any atom is 0.309 e. The van der Waals surface area contributed by atoms with Gasteiger partial charge in [-0.1, -0.05) is 53.4 Å². The van der Waals surface area contributed by atoms with Crippen LogP contribution in [0.5, 0.6) is 0 Å². The van der Waals surface area contributed by atoms with E-state index in [1.807, 2.05) is 0 Å². The van der Waals surface area contributed by atoms with Crippen molar-refractivity contribution in [1.29, 1.82) is 0 Å². The van der Waals surface area contributed by atoms with E-state index in [-0.39, 0.29) is 5.92 Å². The van der Waals surface area contributed by atoms with Crippen LogP contribution >= 0.6 is 0 Å². The Balaban J connectivity index is 2.95. The van der Waals surface area contributed by atoms with E-state index >= 15 is 0 Å². The molecule has 0 radical (unpaired) electrons. The first-order valence-electron chi connectivity index (χ1n) is 9.67. The molecule has 4 heteroatoms. The van der Waals surface area contributed by atoms with Gasteiger partial charge in [-0.15, -0.1) is 0 Å². The fourth-order valence-corrected chi connectivity index (χ4v) is 4.33. The lowest BCUT2D eigenvalue weighted by Crippen LogP contribution is -2.47. The molecule has 1 saturated carbocycles. The summed E-state index contributed by atoms with van der Waals surface area (Å²) >= 11 is 0. The van der Waals surface area contributed by atoms with Crippen LogP contribution in [0.15, 0.2) is 0 Å². The number of carboxylic acid groups (broad SMARTS) is 2. The maximum atomic E-state index is 12.2. The highest BCUT2D eigenvalue weighted by atomic mass is 16.4. The second kappa shape index (κ2) is 9.43. The van der Waals surface area contributed by atoms with Gasteiger partial charge in [-0.3, -0.25) is 9.59 Å². The normalized spacial score (nSPS) is 27.6. The SMILES string of the molecule is CC(C)CCCCC1C(C(=O)O)CCCC1(CCC(C)C)C(=O)O. The van der Waals surface area contributed by atoms with Crippen LogP contribution < -0.4 is 0 Å². The zero-order valence-corrected chi connectivity index (χ0v) is 15.9. The van der Waals surface area contributed by atoms with Crippen LogP contribution in [0.4, 0.5) is 0 Å². The molecule has 0 aromatic rings. The molecule has 2 N–H and O–H groups in total. The van der Waals surface area contributed by atoms with Crippen molar-refractivity contribution in [3.05, 3.63) is 0 Å². The summed E-state index contributed by atoms with van der Waals surface area (Å²) < 4.78 is 0.